The van der Waals surface area contributed by atoms with Gasteiger partial charge in [-0.15, -0.1) is 0 Å². The summed E-state index contributed by atoms with van der Waals surface area (Å²) in [6, 6.07) is 0. The zero-order chi connectivity index (χ0) is 11.7. The van der Waals surface area contributed by atoms with Crippen LogP contribution in [0.1, 0.15) is 25.1 Å². The van der Waals surface area contributed by atoms with E-state index in [0.29, 0.717) is 5.41 Å². The largest absolute Gasteiger partial charge is 0.368 e. The van der Waals surface area contributed by atoms with Gasteiger partial charge in [-0.3, -0.25) is 0 Å². The monoisotopic (exact) mass is 232 g/mol. The zero-order valence-electron chi connectivity index (χ0n) is 10.4. The topological polar surface area (TPSA) is 41.1 Å². The Morgan fingerprint density at radius 2 is 1.88 bits per heavy atom. The van der Waals surface area contributed by atoms with E-state index in [4.69, 9.17) is 0 Å². The molecule has 0 atom stereocenters. The van der Waals surface area contributed by atoms with Gasteiger partial charge in [-0.1, -0.05) is 0 Å². The highest BCUT2D eigenvalue weighted by molar-refractivity contribution is 5.43. The summed E-state index contributed by atoms with van der Waals surface area (Å²) in [6.07, 6.45) is 7.87. The highest BCUT2D eigenvalue weighted by atomic mass is 15.2. The fraction of sp³-hybridized carbons (Fsp3) is 0.692. The van der Waals surface area contributed by atoms with Gasteiger partial charge in [-0.25, -0.2) is 9.97 Å². The number of aromatic nitrogens is 2. The maximum absolute atomic E-state index is 4.29. The Bertz CT molecular complexity index is 381. The number of nitrogens with one attached hydrogen (secondary N) is 1. The molecule has 4 nitrogen and oxygen atoms in total. The molecule has 1 aromatic rings. The van der Waals surface area contributed by atoms with E-state index in [9.17, 15) is 0 Å². The minimum absolute atomic E-state index is 0.552. The Labute approximate surface area is 102 Å². The molecule has 3 rings (SSSR count). The third kappa shape index (κ3) is 2.14. The second kappa shape index (κ2) is 4.26. The molecular formula is C13H20N4. The molecule has 1 spiro atoms. The maximum Gasteiger partial charge on any atom is 0.125 e. The Balaban J connectivity index is 1.72. The molecule has 0 aromatic carbocycles. The fourth-order valence-electron chi connectivity index (χ4n) is 3.07. The molecule has 17 heavy (non-hydrogen) atoms. The van der Waals surface area contributed by atoms with E-state index in [1.165, 1.54) is 44.6 Å². The Morgan fingerprint density at radius 1 is 1.18 bits per heavy atom. The summed E-state index contributed by atoms with van der Waals surface area (Å²) in [6.45, 7) is 6.63. The summed E-state index contributed by atoms with van der Waals surface area (Å²) in [4.78, 5) is 11.0. The second-order valence-electron chi connectivity index (χ2n) is 5.41. The van der Waals surface area contributed by atoms with Gasteiger partial charge in [0.05, 0.1) is 18.1 Å². The normalized spacial score (nSPS) is 23.2. The molecule has 4 heteroatoms. The fourth-order valence-corrected chi connectivity index (χ4v) is 3.07. The summed E-state index contributed by atoms with van der Waals surface area (Å²) in [5.74, 6) is 0.851. The lowest BCUT2D eigenvalue weighted by atomic mass is 9.78. The number of rotatable bonds is 1. The summed E-state index contributed by atoms with van der Waals surface area (Å²) < 4.78 is 0. The molecule has 2 aliphatic rings. The molecule has 3 heterocycles. The van der Waals surface area contributed by atoms with Crippen molar-refractivity contribution in [2.75, 3.05) is 31.1 Å². The summed E-state index contributed by atoms with van der Waals surface area (Å²) >= 11 is 0. The number of nitrogens with zero attached hydrogens (tertiary/aromatic N) is 3. The van der Waals surface area contributed by atoms with Crippen LogP contribution in [0.2, 0.25) is 0 Å². The predicted molar refractivity (Wildman–Crippen MR) is 68.1 cm³/mol. The average Bonchev–Trinajstić information content (AvgIpc) is 2.75. The smallest absolute Gasteiger partial charge is 0.125 e. The minimum atomic E-state index is 0.552. The van der Waals surface area contributed by atoms with Crippen LogP contribution in [-0.2, 0) is 0 Å². The van der Waals surface area contributed by atoms with Gasteiger partial charge < -0.3 is 10.2 Å². The van der Waals surface area contributed by atoms with Crippen molar-refractivity contribution in [1.82, 2.24) is 15.3 Å². The lowest BCUT2D eigenvalue weighted by Gasteiger charge is -2.33. The van der Waals surface area contributed by atoms with E-state index in [1.54, 1.807) is 0 Å². The standard InChI is InChI=1S/C13H20N4/c1-11-15-8-12(9-16-11)17-7-4-13(10-17)2-5-14-6-3-13/h8-9,14H,2-7,10H2,1H3. The third-order valence-corrected chi connectivity index (χ3v) is 4.23. The number of aryl methyl sites for hydroxylation is 1. The third-order valence-electron chi connectivity index (χ3n) is 4.23. The minimum Gasteiger partial charge on any atom is -0.368 e. The van der Waals surface area contributed by atoms with E-state index in [-0.39, 0.29) is 0 Å². The molecule has 2 fully saturated rings. The van der Waals surface area contributed by atoms with Crippen LogP contribution in [0.3, 0.4) is 0 Å². The van der Waals surface area contributed by atoms with Crippen molar-refractivity contribution in [3.8, 4) is 0 Å². The zero-order valence-corrected chi connectivity index (χ0v) is 10.4. The van der Waals surface area contributed by atoms with E-state index in [0.717, 1.165) is 12.4 Å². The molecule has 1 aromatic heterocycles. The first-order valence-corrected chi connectivity index (χ1v) is 6.52. The Kier molecular flexibility index (Phi) is 2.74. The van der Waals surface area contributed by atoms with E-state index < -0.39 is 0 Å². The molecule has 1 N–H and O–H groups in total. The number of anilines is 1. The van der Waals surface area contributed by atoms with Crippen molar-refractivity contribution >= 4 is 5.69 Å². The van der Waals surface area contributed by atoms with Crippen LogP contribution in [-0.4, -0.2) is 36.1 Å². The van der Waals surface area contributed by atoms with Gasteiger partial charge in [0.15, 0.2) is 0 Å². The Morgan fingerprint density at radius 3 is 2.59 bits per heavy atom. The molecule has 0 radical (unpaired) electrons. The quantitative estimate of drug-likeness (QED) is 0.794. The Hall–Kier alpha value is -1.16. The highest BCUT2D eigenvalue weighted by Crippen LogP contribution is 2.39. The van der Waals surface area contributed by atoms with E-state index in [2.05, 4.69) is 20.2 Å². The predicted octanol–water partition coefficient (Wildman–Crippen LogP) is 1.36. The summed E-state index contributed by atoms with van der Waals surface area (Å²) in [5.41, 5.74) is 1.74. The highest BCUT2D eigenvalue weighted by Gasteiger charge is 2.38. The molecule has 2 saturated heterocycles. The molecule has 0 amide bonds. The molecule has 0 unspecified atom stereocenters. The van der Waals surface area contributed by atoms with Gasteiger partial charge in [0, 0.05) is 13.1 Å². The van der Waals surface area contributed by atoms with Gasteiger partial charge >= 0.3 is 0 Å². The van der Waals surface area contributed by atoms with Crippen LogP contribution in [0.5, 0.6) is 0 Å². The molecule has 0 bridgehead atoms. The molecule has 0 saturated carbocycles. The van der Waals surface area contributed by atoms with Crippen molar-refractivity contribution in [2.45, 2.75) is 26.2 Å². The van der Waals surface area contributed by atoms with Crippen molar-refractivity contribution in [1.29, 1.82) is 0 Å². The van der Waals surface area contributed by atoms with Gasteiger partial charge in [-0.2, -0.15) is 0 Å². The van der Waals surface area contributed by atoms with Crippen LogP contribution in [0.4, 0.5) is 5.69 Å². The van der Waals surface area contributed by atoms with Crippen molar-refractivity contribution in [3.63, 3.8) is 0 Å². The summed E-state index contributed by atoms with van der Waals surface area (Å²) in [5, 5.41) is 3.45. The van der Waals surface area contributed by atoms with Crippen LogP contribution >= 0.6 is 0 Å². The molecule has 0 aliphatic carbocycles. The van der Waals surface area contributed by atoms with Crippen LogP contribution in [0.25, 0.3) is 0 Å². The maximum atomic E-state index is 4.29. The number of hydrogen-bond acceptors (Lipinski definition) is 4. The first-order valence-electron chi connectivity index (χ1n) is 6.52. The number of piperidine rings is 1. The van der Waals surface area contributed by atoms with E-state index >= 15 is 0 Å². The van der Waals surface area contributed by atoms with Crippen molar-refractivity contribution < 1.29 is 0 Å². The average molecular weight is 232 g/mol. The van der Waals surface area contributed by atoms with Crippen molar-refractivity contribution in [3.05, 3.63) is 18.2 Å². The molecule has 2 aliphatic heterocycles. The van der Waals surface area contributed by atoms with Gasteiger partial charge in [0.2, 0.25) is 0 Å². The summed E-state index contributed by atoms with van der Waals surface area (Å²) in [7, 11) is 0. The molecular weight excluding hydrogens is 212 g/mol. The second-order valence-corrected chi connectivity index (χ2v) is 5.41. The van der Waals surface area contributed by atoms with Gasteiger partial charge in [-0.05, 0) is 44.7 Å². The first-order chi connectivity index (χ1) is 8.27. The van der Waals surface area contributed by atoms with E-state index in [1.807, 2.05) is 19.3 Å². The first kappa shape index (κ1) is 11.0. The SMILES string of the molecule is Cc1ncc(N2CCC3(CCNCC3)C2)cn1. The lowest BCUT2D eigenvalue weighted by Crippen LogP contribution is -2.38. The van der Waals surface area contributed by atoms with Gasteiger partial charge in [0.25, 0.3) is 0 Å². The number of hydrogen-bond donors (Lipinski definition) is 1. The van der Waals surface area contributed by atoms with Crippen LogP contribution in [0.15, 0.2) is 12.4 Å². The van der Waals surface area contributed by atoms with Crippen molar-refractivity contribution in [2.24, 2.45) is 5.41 Å². The van der Waals surface area contributed by atoms with Crippen LogP contribution in [0, 0.1) is 12.3 Å². The molecule has 92 valence electrons. The van der Waals surface area contributed by atoms with Crippen LogP contribution < -0.4 is 10.2 Å². The lowest BCUT2D eigenvalue weighted by molar-refractivity contribution is 0.232. The van der Waals surface area contributed by atoms with Gasteiger partial charge in [0.1, 0.15) is 5.82 Å².